The average Bonchev–Trinajstić information content (AvgIpc) is 3.37. The molecule has 0 saturated carbocycles. The Bertz CT molecular complexity index is 1900. The molecule has 9 rings (SSSR count). The summed E-state index contributed by atoms with van der Waals surface area (Å²) >= 11 is 10.8. The van der Waals surface area contributed by atoms with Crippen LogP contribution < -0.4 is 48.1 Å². The number of pyridine rings is 3. The predicted octanol–water partition coefficient (Wildman–Crippen LogP) is 10.3. The number of hydrogen-bond donors (Lipinski definition) is 0. The molecule has 10 heteroatoms. The molecule has 0 radical (unpaired) electrons. The molecule has 0 aliphatic heterocycles. The molecule has 3 nitrogen and oxygen atoms in total. The summed E-state index contributed by atoms with van der Waals surface area (Å²) < 4.78 is 0. The normalized spacial score (nSPS) is 10.1. The van der Waals surface area contributed by atoms with Crippen molar-refractivity contribution in [2.24, 2.45) is 0 Å². The fraction of sp³-hybridized carbons (Fsp3) is 0. The van der Waals surface area contributed by atoms with E-state index in [4.69, 9.17) is 0 Å². The molecule has 0 aliphatic carbocycles. The van der Waals surface area contributed by atoms with Gasteiger partial charge in [0.1, 0.15) is 0 Å². The van der Waals surface area contributed by atoms with Crippen LogP contribution in [0.15, 0.2) is 255 Å². The monoisotopic (exact) mass is 1210 g/mol. The van der Waals surface area contributed by atoms with Crippen LogP contribution in [0.5, 0.6) is 0 Å². The van der Waals surface area contributed by atoms with Crippen molar-refractivity contribution in [2.75, 3.05) is 0 Å². The largest absolute Gasteiger partial charge is 0.256 e. The Hall–Kier alpha value is -3.22. The summed E-state index contributed by atoms with van der Waals surface area (Å²) in [5.41, 5.74) is 3.44. The van der Waals surface area contributed by atoms with E-state index >= 15 is 0 Å². The Morgan fingerprint density at radius 1 is 0.262 bits per heavy atom. The van der Waals surface area contributed by atoms with Crippen LogP contribution in [-0.4, -0.2) is 15.0 Å². The molecule has 0 amide bonds. The number of aromatic nitrogens is 3. The van der Waals surface area contributed by atoms with Gasteiger partial charge in [0.05, 0.1) is 16.3 Å². The van der Waals surface area contributed by atoms with Crippen molar-refractivity contribution in [1.29, 1.82) is 0 Å². The van der Waals surface area contributed by atoms with Gasteiger partial charge in [-0.15, -0.1) is 0 Å². The van der Waals surface area contributed by atoms with Gasteiger partial charge in [-0.1, -0.05) is 200 Å². The molecule has 0 fully saturated rings. The van der Waals surface area contributed by atoms with Gasteiger partial charge in [0.15, 0.2) is 0 Å². The van der Waals surface area contributed by atoms with Gasteiger partial charge in [-0.05, 0) is 68.2 Å². The van der Waals surface area contributed by atoms with Gasteiger partial charge in [0.2, 0.25) is 0 Å². The molecule has 0 atom stereocenters. The SMILES string of the molecule is [Ag][I].[Cu][I].c1ccc(P(c2ccccc2)c2ccccn2)cc1.c1ccc(P(c2ccccc2)c2ccccn2)cc1.c1ccc(P(c2ccccc2)c2ccccn2)cc1. The average molecular weight is 1220 g/mol. The number of nitrogens with zero attached hydrogens (tertiary/aromatic N) is 3. The van der Waals surface area contributed by atoms with E-state index in [2.05, 4.69) is 263 Å². The summed E-state index contributed by atoms with van der Waals surface area (Å²) in [4.78, 5) is 13.7. The van der Waals surface area contributed by atoms with Crippen molar-refractivity contribution >= 4 is 111 Å². The topological polar surface area (TPSA) is 38.7 Å². The van der Waals surface area contributed by atoms with Gasteiger partial charge < -0.3 is 0 Å². The maximum absolute atomic E-state index is 4.56. The van der Waals surface area contributed by atoms with E-state index in [1.54, 1.807) is 20.3 Å². The maximum Gasteiger partial charge on any atom is 0.0720 e. The van der Waals surface area contributed by atoms with Crippen molar-refractivity contribution in [3.05, 3.63) is 255 Å². The molecule has 0 spiro atoms. The Balaban J connectivity index is 0.000000166. The van der Waals surface area contributed by atoms with E-state index in [1.165, 1.54) is 31.8 Å². The summed E-state index contributed by atoms with van der Waals surface area (Å²) in [6, 6.07) is 82.1. The second-order valence-corrected chi connectivity index (χ2v) is 19.1. The van der Waals surface area contributed by atoms with Crippen LogP contribution in [0.4, 0.5) is 0 Å². The summed E-state index contributed by atoms with van der Waals surface area (Å²) in [5, 5.41) is 8.01. The van der Waals surface area contributed by atoms with Crippen molar-refractivity contribution in [1.82, 2.24) is 15.0 Å². The summed E-state index contributed by atoms with van der Waals surface area (Å²) in [5.74, 6) is 0. The molecule has 0 bridgehead atoms. The van der Waals surface area contributed by atoms with Gasteiger partial charge in [0.25, 0.3) is 0 Å². The van der Waals surface area contributed by atoms with Gasteiger partial charge in [-0.3, -0.25) is 15.0 Å². The molecular weight excluding hydrogens is 1170 g/mol. The second-order valence-electron chi connectivity index (χ2n) is 12.6. The zero-order valence-corrected chi connectivity index (χ0v) is 42.2. The minimum Gasteiger partial charge on any atom is -0.256 e. The molecule has 3 aromatic heterocycles. The summed E-state index contributed by atoms with van der Waals surface area (Å²) in [6.45, 7) is 0. The van der Waals surface area contributed by atoms with Crippen molar-refractivity contribution in [3.63, 3.8) is 0 Å². The Morgan fingerprint density at radius 3 is 0.574 bits per heavy atom. The fourth-order valence-corrected chi connectivity index (χ4v) is 12.7. The van der Waals surface area contributed by atoms with E-state index in [0.717, 1.165) is 16.3 Å². The van der Waals surface area contributed by atoms with E-state index in [-0.39, 0.29) is 0 Å². The van der Waals surface area contributed by atoms with E-state index in [9.17, 15) is 0 Å². The second kappa shape index (κ2) is 29.2. The maximum atomic E-state index is 4.56. The third-order valence-electron chi connectivity index (χ3n) is 8.72. The molecule has 0 unspecified atom stereocenters. The fourth-order valence-electron chi connectivity index (χ4n) is 6.16. The quantitative estimate of drug-likeness (QED) is 0.0822. The first-order chi connectivity index (χ1) is 30.3. The van der Waals surface area contributed by atoms with Crippen LogP contribution in [0.1, 0.15) is 0 Å². The molecule has 3 heterocycles. The molecule has 6 aromatic carbocycles. The minimum atomic E-state index is -0.557. The molecular formula is C51H42AgCuI2N3P3. The number of rotatable bonds is 9. The first kappa shape index (κ1) is 48.8. The van der Waals surface area contributed by atoms with Crippen molar-refractivity contribution in [2.45, 2.75) is 0 Å². The van der Waals surface area contributed by atoms with Crippen LogP contribution >= 0.6 is 63.1 Å². The number of halogens is 2. The zero-order valence-electron chi connectivity index (χ0n) is 32.8. The number of benzene rings is 6. The first-order valence-electron chi connectivity index (χ1n) is 19.0. The standard InChI is InChI=1S/3C17H14NP.Ag.Cu.2HI/c3*1-3-9-15(10-4-1)19(16-11-5-2-6-12-16)17-13-7-8-14-18-17;;;;/h3*1-14H;;;2*1H/q;;;2*+1;;/p-2. The first-order valence-corrected chi connectivity index (χ1v) is 30.5. The van der Waals surface area contributed by atoms with E-state index < -0.39 is 23.8 Å². The van der Waals surface area contributed by atoms with Crippen LogP contribution in [0.3, 0.4) is 0 Å². The van der Waals surface area contributed by atoms with Crippen molar-refractivity contribution in [3.8, 4) is 0 Å². The molecule has 0 saturated heterocycles. The van der Waals surface area contributed by atoms with Crippen LogP contribution in [-0.2, 0) is 30.0 Å². The van der Waals surface area contributed by atoms with Gasteiger partial charge in [0, 0.05) is 42.4 Å². The third-order valence-corrected chi connectivity index (χ3v) is 15.8. The van der Waals surface area contributed by atoms with Gasteiger partial charge in [-0.25, -0.2) is 0 Å². The summed E-state index contributed by atoms with van der Waals surface area (Å²) in [7, 11) is -1.67. The zero-order chi connectivity index (χ0) is 42.7. The molecule has 312 valence electrons. The van der Waals surface area contributed by atoms with E-state index in [1.807, 2.05) is 55.8 Å². The third kappa shape index (κ3) is 15.5. The number of hydrogen-bond acceptors (Lipinski definition) is 3. The van der Waals surface area contributed by atoms with Gasteiger partial charge in [-0.2, -0.15) is 0 Å². The van der Waals surface area contributed by atoms with Crippen LogP contribution in [0, 0.1) is 0 Å². The summed E-state index contributed by atoms with van der Waals surface area (Å²) in [6.07, 6.45) is 5.61. The molecule has 61 heavy (non-hydrogen) atoms. The van der Waals surface area contributed by atoms with E-state index in [0.29, 0.717) is 0 Å². The molecule has 9 aromatic rings. The minimum absolute atomic E-state index is 0.557. The Labute approximate surface area is 407 Å². The Morgan fingerprint density at radius 2 is 0.426 bits per heavy atom. The molecule has 0 N–H and O–H groups in total. The van der Waals surface area contributed by atoms with Gasteiger partial charge >= 0.3 is 69.4 Å². The van der Waals surface area contributed by atoms with Crippen LogP contribution in [0.25, 0.3) is 0 Å². The Kier molecular flexibility index (Phi) is 23.4. The molecule has 0 aliphatic rings. The van der Waals surface area contributed by atoms with Crippen molar-refractivity contribution < 1.29 is 30.0 Å². The predicted molar refractivity (Wildman–Crippen MR) is 277 cm³/mol. The smallest absolute Gasteiger partial charge is 0.0720 e. The van der Waals surface area contributed by atoms with Crippen LogP contribution in [0.2, 0.25) is 0 Å².